The molecule has 4 aromatic rings. The third-order valence-corrected chi connectivity index (χ3v) is 5.41. The van der Waals surface area contributed by atoms with Gasteiger partial charge in [-0.3, -0.25) is 9.59 Å². The molecule has 0 bridgehead atoms. The van der Waals surface area contributed by atoms with Crippen LogP contribution in [0.4, 0.5) is 5.82 Å². The number of nitrogens with zero attached hydrogens (tertiary/aromatic N) is 3. The van der Waals surface area contributed by atoms with Gasteiger partial charge in [-0.05, 0) is 48.9 Å². The quantitative estimate of drug-likeness (QED) is 0.444. The normalized spacial score (nSPS) is 12.7. The number of anilines is 1. The molecule has 32 heavy (non-hydrogen) atoms. The third-order valence-electron chi connectivity index (χ3n) is 5.41. The van der Waals surface area contributed by atoms with Gasteiger partial charge in [-0.2, -0.15) is 5.26 Å². The van der Waals surface area contributed by atoms with E-state index in [-0.39, 0.29) is 12.4 Å². The molecule has 1 aromatic heterocycles. The van der Waals surface area contributed by atoms with Crippen molar-refractivity contribution in [2.75, 3.05) is 4.90 Å². The van der Waals surface area contributed by atoms with Crippen LogP contribution in [0.5, 0.6) is 5.75 Å². The predicted molar refractivity (Wildman–Crippen MR) is 120 cm³/mol. The average molecular weight is 419 g/mol. The summed E-state index contributed by atoms with van der Waals surface area (Å²) < 4.78 is 6.06. The second kappa shape index (κ2) is 7.64. The van der Waals surface area contributed by atoms with Gasteiger partial charge < -0.3 is 4.74 Å². The van der Waals surface area contributed by atoms with E-state index in [0.717, 1.165) is 16.0 Å². The number of carbonyl (C=O) groups excluding carboxylic acids is 2. The fourth-order valence-electron chi connectivity index (χ4n) is 3.71. The van der Waals surface area contributed by atoms with Crippen molar-refractivity contribution >= 4 is 28.5 Å². The van der Waals surface area contributed by atoms with Crippen molar-refractivity contribution < 1.29 is 14.3 Å². The number of aromatic nitrogens is 1. The van der Waals surface area contributed by atoms with E-state index in [1.165, 1.54) is 0 Å². The number of rotatable bonds is 4. The monoisotopic (exact) mass is 419 g/mol. The summed E-state index contributed by atoms with van der Waals surface area (Å²) in [6, 6.07) is 23.5. The van der Waals surface area contributed by atoms with Gasteiger partial charge in [0.05, 0.1) is 28.3 Å². The fourth-order valence-corrected chi connectivity index (χ4v) is 3.71. The topological polar surface area (TPSA) is 83.3 Å². The molecule has 5 rings (SSSR count). The summed E-state index contributed by atoms with van der Waals surface area (Å²) in [5.74, 6) is -0.444. The van der Waals surface area contributed by atoms with Gasteiger partial charge >= 0.3 is 0 Å². The molecule has 1 aliphatic heterocycles. The van der Waals surface area contributed by atoms with E-state index in [9.17, 15) is 14.9 Å². The molecule has 154 valence electrons. The van der Waals surface area contributed by atoms with E-state index >= 15 is 0 Å². The molecule has 1 aliphatic rings. The Hall–Kier alpha value is -4.50. The zero-order chi connectivity index (χ0) is 22.2. The van der Waals surface area contributed by atoms with Crippen LogP contribution < -0.4 is 9.64 Å². The van der Waals surface area contributed by atoms with Gasteiger partial charge in [0.1, 0.15) is 6.61 Å². The lowest BCUT2D eigenvalue weighted by atomic mass is 10.1. The molecule has 3 aromatic carbocycles. The highest BCUT2D eigenvalue weighted by Crippen LogP contribution is 2.36. The maximum absolute atomic E-state index is 13.1. The first-order valence-corrected chi connectivity index (χ1v) is 10.1. The van der Waals surface area contributed by atoms with Gasteiger partial charge in [0.2, 0.25) is 0 Å². The summed E-state index contributed by atoms with van der Waals surface area (Å²) in [5, 5.41) is 9.92. The Balaban J connectivity index is 1.61. The summed E-state index contributed by atoms with van der Waals surface area (Å²) in [6.45, 7) is 2.24. The van der Waals surface area contributed by atoms with Crippen molar-refractivity contribution in [3.63, 3.8) is 0 Å². The van der Waals surface area contributed by atoms with E-state index in [2.05, 4.69) is 11.1 Å². The van der Waals surface area contributed by atoms with Crippen molar-refractivity contribution in [3.8, 4) is 11.8 Å². The van der Waals surface area contributed by atoms with Crippen molar-refractivity contribution in [1.29, 1.82) is 5.26 Å². The van der Waals surface area contributed by atoms with Crippen LogP contribution in [0, 0.1) is 18.3 Å². The zero-order valence-corrected chi connectivity index (χ0v) is 17.2. The molecular formula is C26H17N3O3. The second-order valence-electron chi connectivity index (χ2n) is 7.59. The fraction of sp³-hybridized carbons (Fsp3) is 0.0769. The van der Waals surface area contributed by atoms with Gasteiger partial charge in [-0.1, -0.05) is 42.0 Å². The Morgan fingerprint density at radius 3 is 2.28 bits per heavy atom. The number of amides is 2. The largest absolute Gasteiger partial charge is 0.485 e. The molecule has 0 fully saturated rings. The number of hydrogen-bond acceptors (Lipinski definition) is 5. The highest BCUT2D eigenvalue weighted by Gasteiger charge is 2.39. The highest BCUT2D eigenvalue weighted by atomic mass is 16.5. The van der Waals surface area contributed by atoms with Crippen LogP contribution in [-0.2, 0) is 6.61 Å². The molecule has 0 unspecified atom stereocenters. The smallest absolute Gasteiger partial charge is 0.267 e. The van der Waals surface area contributed by atoms with Gasteiger partial charge in [0.15, 0.2) is 11.6 Å². The number of aryl methyl sites for hydroxylation is 1. The first kappa shape index (κ1) is 19.5. The number of benzene rings is 3. The van der Waals surface area contributed by atoms with Crippen LogP contribution in [0.3, 0.4) is 0 Å². The van der Waals surface area contributed by atoms with Gasteiger partial charge in [-0.15, -0.1) is 0 Å². The summed E-state index contributed by atoms with van der Waals surface area (Å²) in [4.78, 5) is 31.8. The number of pyridine rings is 1. The lowest BCUT2D eigenvalue weighted by Crippen LogP contribution is -2.30. The predicted octanol–water partition coefficient (Wildman–Crippen LogP) is 4.79. The van der Waals surface area contributed by atoms with Gasteiger partial charge in [0.25, 0.3) is 11.8 Å². The van der Waals surface area contributed by atoms with Crippen molar-refractivity contribution in [1.82, 2.24) is 4.98 Å². The first-order valence-electron chi connectivity index (χ1n) is 10.1. The maximum Gasteiger partial charge on any atom is 0.267 e. The van der Waals surface area contributed by atoms with E-state index < -0.39 is 11.8 Å². The van der Waals surface area contributed by atoms with Crippen LogP contribution >= 0.6 is 0 Å². The number of fused-ring (bicyclic) bond motifs is 2. The molecule has 2 amide bonds. The molecule has 2 heterocycles. The lowest BCUT2D eigenvalue weighted by molar-refractivity contribution is 0.0923. The average Bonchev–Trinajstić information content (AvgIpc) is 3.07. The minimum Gasteiger partial charge on any atom is -0.485 e. The SMILES string of the molecule is Cc1ccc(COc2cc3cc(C#N)ccc3nc2N2C(=O)c3ccccc3C2=O)cc1. The molecule has 0 N–H and O–H groups in total. The molecular weight excluding hydrogens is 402 g/mol. The molecule has 0 saturated heterocycles. The van der Waals surface area contributed by atoms with E-state index in [0.29, 0.717) is 33.3 Å². The number of hydrogen-bond donors (Lipinski definition) is 0. The maximum atomic E-state index is 13.1. The van der Waals surface area contributed by atoms with E-state index in [4.69, 9.17) is 4.74 Å². The van der Waals surface area contributed by atoms with Crippen LogP contribution in [0.2, 0.25) is 0 Å². The lowest BCUT2D eigenvalue weighted by Gasteiger charge is -2.18. The molecule has 0 aliphatic carbocycles. The van der Waals surface area contributed by atoms with Crippen LogP contribution in [0.1, 0.15) is 37.4 Å². The molecule has 0 radical (unpaired) electrons. The van der Waals surface area contributed by atoms with Crippen LogP contribution in [-0.4, -0.2) is 16.8 Å². The first-order chi connectivity index (χ1) is 15.5. The Bertz CT molecular complexity index is 1400. The second-order valence-corrected chi connectivity index (χ2v) is 7.59. The number of imide groups is 1. The number of nitriles is 1. The van der Waals surface area contributed by atoms with Crippen LogP contribution in [0.25, 0.3) is 10.9 Å². The standard InChI is InChI=1S/C26H17N3O3/c1-16-6-8-17(9-7-16)15-32-23-13-19-12-18(14-27)10-11-22(19)28-24(23)29-25(30)20-4-2-3-5-21(20)26(29)31/h2-13H,15H2,1H3. The Morgan fingerprint density at radius 2 is 1.62 bits per heavy atom. The van der Waals surface area contributed by atoms with Crippen molar-refractivity contribution in [3.05, 3.63) is 101 Å². The number of carbonyl (C=O) groups is 2. The van der Waals surface area contributed by atoms with Crippen molar-refractivity contribution in [2.24, 2.45) is 0 Å². The van der Waals surface area contributed by atoms with E-state index in [1.807, 2.05) is 31.2 Å². The molecule has 0 spiro atoms. The summed E-state index contributed by atoms with van der Waals surface area (Å²) >= 11 is 0. The van der Waals surface area contributed by atoms with Gasteiger partial charge in [0, 0.05) is 5.39 Å². The Kier molecular flexibility index (Phi) is 4.65. The molecule has 0 saturated carbocycles. The number of ether oxygens (including phenoxy) is 1. The Labute approximate surface area is 184 Å². The Morgan fingerprint density at radius 1 is 0.938 bits per heavy atom. The van der Waals surface area contributed by atoms with Crippen molar-refractivity contribution in [2.45, 2.75) is 13.5 Å². The minimum absolute atomic E-state index is 0.139. The minimum atomic E-state index is -0.439. The summed E-state index contributed by atoms with van der Waals surface area (Å²) in [5.41, 5.74) is 3.79. The summed E-state index contributed by atoms with van der Waals surface area (Å²) in [7, 11) is 0. The molecule has 6 heteroatoms. The molecule has 6 nitrogen and oxygen atoms in total. The summed E-state index contributed by atoms with van der Waals surface area (Å²) in [6.07, 6.45) is 0. The zero-order valence-electron chi connectivity index (χ0n) is 17.2. The van der Waals surface area contributed by atoms with Crippen LogP contribution in [0.15, 0.2) is 72.8 Å². The third kappa shape index (κ3) is 3.26. The highest BCUT2D eigenvalue weighted by molar-refractivity contribution is 6.34. The van der Waals surface area contributed by atoms with Gasteiger partial charge in [-0.25, -0.2) is 9.88 Å². The van der Waals surface area contributed by atoms with E-state index in [1.54, 1.807) is 48.5 Å². The molecule has 0 atom stereocenters.